The van der Waals surface area contributed by atoms with Crippen molar-refractivity contribution in [3.8, 4) is 17.2 Å². The van der Waals surface area contributed by atoms with Crippen LogP contribution in [0.1, 0.15) is 5.56 Å². The molecule has 29 heavy (non-hydrogen) atoms. The van der Waals surface area contributed by atoms with Crippen molar-refractivity contribution in [1.82, 2.24) is 10.2 Å². The first-order valence-corrected chi connectivity index (χ1v) is 9.74. The smallest absolute Gasteiger partial charge is 0.194 e. The van der Waals surface area contributed by atoms with Gasteiger partial charge in [0.2, 0.25) is 0 Å². The summed E-state index contributed by atoms with van der Waals surface area (Å²) in [6.45, 7) is 4.22. The number of piperazine rings is 1. The van der Waals surface area contributed by atoms with Crippen LogP contribution in [0.3, 0.4) is 0 Å². The molecule has 0 unspecified atom stereocenters. The molecule has 1 aliphatic rings. The molecule has 0 aromatic heterocycles. The lowest BCUT2D eigenvalue weighted by molar-refractivity contribution is 0.365. The van der Waals surface area contributed by atoms with Gasteiger partial charge in [0.1, 0.15) is 17.2 Å². The van der Waals surface area contributed by atoms with E-state index in [9.17, 15) is 0 Å². The van der Waals surface area contributed by atoms with Crippen LogP contribution < -0.4 is 24.4 Å². The Balaban J connectivity index is 1.60. The molecule has 0 amide bonds. The highest BCUT2D eigenvalue weighted by Crippen LogP contribution is 2.28. The van der Waals surface area contributed by atoms with Crippen LogP contribution in [0.25, 0.3) is 0 Å². The Kier molecular flexibility index (Phi) is 7.05. The molecule has 0 aliphatic carbocycles. The second kappa shape index (κ2) is 9.91. The second-order valence-corrected chi connectivity index (χ2v) is 6.72. The van der Waals surface area contributed by atoms with Crippen molar-refractivity contribution in [2.45, 2.75) is 6.54 Å². The van der Waals surface area contributed by atoms with Crippen LogP contribution in [0.2, 0.25) is 0 Å². The van der Waals surface area contributed by atoms with Crippen molar-refractivity contribution >= 4 is 11.6 Å². The summed E-state index contributed by atoms with van der Waals surface area (Å²) in [6.07, 6.45) is 0. The zero-order valence-corrected chi connectivity index (χ0v) is 17.6. The first kappa shape index (κ1) is 20.6. The second-order valence-electron chi connectivity index (χ2n) is 6.72. The number of guanidine groups is 1. The Morgan fingerprint density at radius 3 is 2.31 bits per heavy atom. The zero-order valence-electron chi connectivity index (χ0n) is 17.6. The average molecular weight is 399 g/mol. The summed E-state index contributed by atoms with van der Waals surface area (Å²) in [7, 11) is 6.86. The number of rotatable bonds is 6. The molecule has 1 aliphatic heterocycles. The fourth-order valence-electron chi connectivity index (χ4n) is 3.55. The van der Waals surface area contributed by atoms with Gasteiger partial charge in [0.05, 0.1) is 27.0 Å². The van der Waals surface area contributed by atoms with Gasteiger partial charge in [-0.05, 0) is 24.3 Å². The van der Waals surface area contributed by atoms with Gasteiger partial charge in [0, 0.05) is 51.4 Å². The Bertz CT molecular complexity index is 833. The van der Waals surface area contributed by atoms with Crippen molar-refractivity contribution in [1.29, 1.82) is 0 Å². The third kappa shape index (κ3) is 4.85. The molecular formula is C22H30N4O3. The highest BCUT2D eigenvalue weighted by atomic mass is 16.5. The number of methoxy groups -OCH3 is 3. The first-order chi connectivity index (χ1) is 14.2. The minimum absolute atomic E-state index is 0.632. The fourth-order valence-corrected chi connectivity index (χ4v) is 3.55. The molecular weight excluding hydrogens is 368 g/mol. The Hall–Kier alpha value is -3.09. The van der Waals surface area contributed by atoms with Gasteiger partial charge in [-0.1, -0.05) is 12.1 Å². The van der Waals surface area contributed by atoms with Crippen LogP contribution in [0.15, 0.2) is 47.5 Å². The van der Waals surface area contributed by atoms with Crippen molar-refractivity contribution in [3.05, 3.63) is 48.0 Å². The molecule has 0 saturated carbocycles. The van der Waals surface area contributed by atoms with Gasteiger partial charge in [-0.15, -0.1) is 0 Å². The molecule has 0 spiro atoms. The van der Waals surface area contributed by atoms with Crippen molar-refractivity contribution in [2.24, 2.45) is 4.99 Å². The quantitative estimate of drug-likeness (QED) is 0.596. The van der Waals surface area contributed by atoms with Crippen LogP contribution in [0.5, 0.6) is 17.2 Å². The first-order valence-electron chi connectivity index (χ1n) is 9.74. The normalized spacial score (nSPS) is 14.6. The average Bonchev–Trinajstić information content (AvgIpc) is 2.79. The molecule has 1 saturated heterocycles. The predicted octanol–water partition coefficient (Wildman–Crippen LogP) is 2.61. The van der Waals surface area contributed by atoms with E-state index in [1.54, 1.807) is 21.3 Å². The summed E-state index contributed by atoms with van der Waals surface area (Å²) in [6, 6.07) is 14.0. The minimum atomic E-state index is 0.632. The van der Waals surface area contributed by atoms with E-state index in [-0.39, 0.29) is 0 Å². The maximum atomic E-state index is 5.51. The fraction of sp³-hybridized carbons (Fsp3) is 0.409. The lowest BCUT2D eigenvalue weighted by Gasteiger charge is -2.38. The van der Waals surface area contributed by atoms with Gasteiger partial charge < -0.3 is 29.3 Å². The SMILES string of the molecule is CN=C(NCc1ccc(OC)cc1OC)N1CCN(c2ccccc2OC)CC1. The van der Waals surface area contributed by atoms with Gasteiger partial charge in [-0.25, -0.2) is 0 Å². The van der Waals surface area contributed by atoms with E-state index in [0.29, 0.717) is 6.54 Å². The number of anilines is 1. The van der Waals surface area contributed by atoms with Crippen LogP contribution in [-0.4, -0.2) is 65.4 Å². The van der Waals surface area contributed by atoms with Crippen molar-refractivity contribution in [3.63, 3.8) is 0 Å². The molecule has 1 heterocycles. The molecule has 7 heteroatoms. The van der Waals surface area contributed by atoms with Crippen molar-refractivity contribution < 1.29 is 14.2 Å². The maximum Gasteiger partial charge on any atom is 0.194 e. The molecule has 7 nitrogen and oxygen atoms in total. The topological polar surface area (TPSA) is 58.6 Å². The molecule has 0 radical (unpaired) electrons. The minimum Gasteiger partial charge on any atom is -0.497 e. The van der Waals surface area contributed by atoms with Crippen LogP contribution >= 0.6 is 0 Å². The van der Waals surface area contributed by atoms with Crippen LogP contribution in [0.4, 0.5) is 5.69 Å². The van der Waals surface area contributed by atoms with Crippen LogP contribution in [0, 0.1) is 0 Å². The number of aliphatic imine (C=N–C) groups is 1. The Morgan fingerprint density at radius 1 is 0.931 bits per heavy atom. The molecule has 3 rings (SSSR count). The van der Waals surface area contributed by atoms with Gasteiger partial charge in [-0.2, -0.15) is 0 Å². The van der Waals surface area contributed by atoms with Gasteiger partial charge in [-0.3, -0.25) is 4.99 Å². The maximum absolute atomic E-state index is 5.51. The van der Waals surface area contributed by atoms with E-state index in [1.165, 1.54) is 0 Å². The van der Waals surface area contributed by atoms with E-state index in [2.05, 4.69) is 26.2 Å². The molecule has 2 aromatic rings. The molecule has 2 aromatic carbocycles. The van der Waals surface area contributed by atoms with Gasteiger partial charge in [0.15, 0.2) is 5.96 Å². The monoisotopic (exact) mass is 398 g/mol. The van der Waals surface area contributed by atoms with Crippen LogP contribution in [-0.2, 0) is 6.54 Å². The van der Waals surface area contributed by atoms with E-state index in [4.69, 9.17) is 14.2 Å². The summed E-state index contributed by atoms with van der Waals surface area (Å²) in [5.41, 5.74) is 2.20. The number of para-hydroxylation sites is 2. The van der Waals surface area contributed by atoms with E-state index in [0.717, 1.165) is 60.6 Å². The molecule has 156 valence electrons. The third-order valence-corrected chi connectivity index (χ3v) is 5.15. The largest absolute Gasteiger partial charge is 0.497 e. The van der Waals surface area contributed by atoms with Gasteiger partial charge in [0.25, 0.3) is 0 Å². The highest BCUT2D eigenvalue weighted by molar-refractivity contribution is 5.80. The number of hydrogen-bond donors (Lipinski definition) is 1. The summed E-state index contributed by atoms with van der Waals surface area (Å²) in [4.78, 5) is 9.11. The lowest BCUT2D eigenvalue weighted by atomic mass is 10.2. The standard InChI is InChI=1S/C22H30N4O3/c1-23-22(24-16-17-9-10-18(27-2)15-21(17)29-4)26-13-11-25(12-14-26)19-7-5-6-8-20(19)28-3/h5-10,15H,11-14,16H2,1-4H3,(H,23,24). The third-order valence-electron chi connectivity index (χ3n) is 5.15. The van der Waals surface area contributed by atoms with E-state index < -0.39 is 0 Å². The molecule has 0 atom stereocenters. The summed E-state index contributed by atoms with van der Waals surface area (Å²) in [5.74, 6) is 3.38. The summed E-state index contributed by atoms with van der Waals surface area (Å²) < 4.78 is 16.3. The lowest BCUT2D eigenvalue weighted by Crippen LogP contribution is -2.52. The molecule has 1 N–H and O–H groups in total. The van der Waals surface area contributed by atoms with E-state index in [1.807, 2.05) is 43.4 Å². The number of ether oxygens (including phenoxy) is 3. The highest BCUT2D eigenvalue weighted by Gasteiger charge is 2.21. The number of hydrogen-bond acceptors (Lipinski definition) is 5. The summed E-state index contributed by atoms with van der Waals surface area (Å²) in [5, 5.41) is 3.46. The van der Waals surface area contributed by atoms with E-state index >= 15 is 0 Å². The molecule has 1 fully saturated rings. The number of nitrogens with one attached hydrogen (secondary N) is 1. The predicted molar refractivity (Wildman–Crippen MR) is 117 cm³/mol. The summed E-state index contributed by atoms with van der Waals surface area (Å²) >= 11 is 0. The molecule has 0 bridgehead atoms. The van der Waals surface area contributed by atoms with Crippen molar-refractivity contribution in [2.75, 3.05) is 59.5 Å². The Morgan fingerprint density at radius 2 is 1.66 bits per heavy atom. The zero-order chi connectivity index (χ0) is 20.6. The Labute approximate surface area is 172 Å². The number of benzene rings is 2. The van der Waals surface area contributed by atoms with Gasteiger partial charge >= 0.3 is 0 Å². The number of nitrogens with zero attached hydrogens (tertiary/aromatic N) is 3.